The standard InChI is InChI=1S/C40H50N4O5S/c1-7-8-9-10-11-22-49-31-18-16-28(17-19-31)30-24-41-36(42-25-30)29-14-12-27(13-15-29)23-32(37(45)44-35(26(2)3)39(47)48)43-38(46)33-20-21-34(50-33)40(4,5)6/h12-21,24-26,32,35H,7-11,22-23H2,1-6H3,(H,43,46)(H,44,45)(H,47,48)/t32?,35-/m1/s1. The molecule has 2 atom stereocenters. The van der Waals surface area contributed by atoms with Gasteiger partial charge in [0.1, 0.15) is 17.8 Å². The van der Waals surface area contributed by atoms with E-state index in [4.69, 9.17) is 4.74 Å². The first kappa shape index (κ1) is 38.2. The van der Waals surface area contributed by atoms with Crippen LogP contribution in [0.4, 0.5) is 0 Å². The zero-order chi connectivity index (χ0) is 36.3. The van der Waals surface area contributed by atoms with Crippen molar-refractivity contribution in [3.63, 3.8) is 0 Å². The van der Waals surface area contributed by atoms with E-state index in [1.54, 1.807) is 32.3 Å². The van der Waals surface area contributed by atoms with Crippen molar-refractivity contribution in [2.45, 2.75) is 97.6 Å². The van der Waals surface area contributed by atoms with Crippen LogP contribution in [-0.4, -0.2) is 51.5 Å². The van der Waals surface area contributed by atoms with Crippen molar-refractivity contribution in [1.29, 1.82) is 0 Å². The van der Waals surface area contributed by atoms with E-state index in [9.17, 15) is 19.5 Å². The molecular formula is C40H50N4O5S. The number of carbonyl (C=O) groups is 3. The van der Waals surface area contributed by atoms with Gasteiger partial charge in [0.05, 0.1) is 11.5 Å². The third-order valence-corrected chi connectivity index (χ3v) is 9.94. The summed E-state index contributed by atoms with van der Waals surface area (Å²) in [4.78, 5) is 49.3. The lowest BCUT2D eigenvalue weighted by Gasteiger charge is -2.23. The SMILES string of the molecule is CCCCCCCOc1ccc(-c2cnc(-c3ccc(CC(NC(=O)c4ccc(C(C)(C)C)s4)C(=O)N[C@@H](C(=O)O)C(C)C)cc3)nc2)cc1. The summed E-state index contributed by atoms with van der Waals surface area (Å²) in [5.74, 6) is -1.00. The van der Waals surface area contributed by atoms with E-state index in [2.05, 4.69) is 48.3 Å². The van der Waals surface area contributed by atoms with Gasteiger partial charge in [0.25, 0.3) is 5.91 Å². The lowest BCUT2D eigenvalue weighted by atomic mass is 9.95. The van der Waals surface area contributed by atoms with Crippen molar-refractivity contribution in [2.24, 2.45) is 5.92 Å². The van der Waals surface area contributed by atoms with E-state index in [0.717, 1.165) is 45.9 Å². The minimum Gasteiger partial charge on any atom is -0.494 e. The highest BCUT2D eigenvalue weighted by molar-refractivity contribution is 7.14. The van der Waals surface area contributed by atoms with Crippen molar-refractivity contribution < 1.29 is 24.2 Å². The summed E-state index contributed by atoms with van der Waals surface area (Å²) in [5.41, 5.74) is 3.35. The lowest BCUT2D eigenvalue weighted by Crippen LogP contribution is -2.53. The van der Waals surface area contributed by atoms with Crippen molar-refractivity contribution in [2.75, 3.05) is 6.61 Å². The van der Waals surface area contributed by atoms with Gasteiger partial charge in [-0.2, -0.15) is 0 Å². The van der Waals surface area contributed by atoms with Crippen LogP contribution < -0.4 is 15.4 Å². The Kier molecular flexibility index (Phi) is 13.7. The zero-order valence-electron chi connectivity index (χ0n) is 30.0. The average Bonchev–Trinajstić information content (AvgIpc) is 3.61. The van der Waals surface area contributed by atoms with Crippen LogP contribution in [0.1, 0.15) is 93.8 Å². The number of aromatic nitrogens is 2. The van der Waals surface area contributed by atoms with Crippen LogP contribution in [0.5, 0.6) is 5.75 Å². The van der Waals surface area contributed by atoms with Gasteiger partial charge >= 0.3 is 5.97 Å². The Labute approximate surface area is 299 Å². The van der Waals surface area contributed by atoms with E-state index in [1.165, 1.54) is 37.0 Å². The number of hydrogen-bond acceptors (Lipinski definition) is 7. The fourth-order valence-corrected chi connectivity index (χ4v) is 6.33. The number of carboxylic acid groups (broad SMARTS) is 1. The van der Waals surface area contributed by atoms with Crippen LogP contribution in [0, 0.1) is 5.92 Å². The number of nitrogens with zero attached hydrogens (tertiary/aromatic N) is 2. The average molecular weight is 699 g/mol. The molecule has 0 aliphatic carbocycles. The number of thiophene rings is 1. The maximum absolute atomic E-state index is 13.4. The summed E-state index contributed by atoms with van der Waals surface area (Å²) < 4.78 is 5.89. The third kappa shape index (κ3) is 11.0. The van der Waals surface area contributed by atoms with Crippen molar-refractivity contribution in [3.05, 3.63) is 88.4 Å². The van der Waals surface area contributed by atoms with Gasteiger partial charge in [0, 0.05) is 34.8 Å². The molecule has 3 N–H and O–H groups in total. The summed E-state index contributed by atoms with van der Waals surface area (Å²) in [6.07, 6.45) is 9.75. The second-order valence-corrected chi connectivity index (χ2v) is 15.1. The largest absolute Gasteiger partial charge is 0.494 e. The normalized spacial score (nSPS) is 12.7. The first-order valence-electron chi connectivity index (χ1n) is 17.4. The van der Waals surface area contributed by atoms with Crippen molar-refractivity contribution in [1.82, 2.24) is 20.6 Å². The number of carboxylic acids is 1. The van der Waals surface area contributed by atoms with E-state index in [1.807, 2.05) is 54.6 Å². The summed E-state index contributed by atoms with van der Waals surface area (Å²) >= 11 is 1.38. The highest BCUT2D eigenvalue weighted by Gasteiger charge is 2.29. The van der Waals surface area contributed by atoms with E-state index >= 15 is 0 Å². The monoisotopic (exact) mass is 698 g/mol. The number of rotatable bonds is 17. The smallest absolute Gasteiger partial charge is 0.326 e. The summed E-state index contributed by atoms with van der Waals surface area (Å²) in [7, 11) is 0. The predicted molar refractivity (Wildman–Crippen MR) is 200 cm³/mol. The fraction of sp³-hybridized carbons (Fsp3) is 0.425. The van der Waals surface area contributed by atoms with Crippen LogP contribution in [0.3, 0.4) is 0 Å². The van der Waals surface area contributed by atoms with Crippen LogP contribution in [0.25, 0.3) is 22.5 Å². The minimum atomic E-state index is -1.13. The fourth-order valence-electron chi connectivity index (χ4n) is 5.36. The Morgan fingerprint density at radius 2 is 1.46 bits per heavy atom. The van der Waals surface area contributed by atoms with Crippen LogP contribution in [0.15, 0.2) is 73.1 Å². The topological polar surface area (TPSA) is 131 Å². The van der Waals surface area contributed by atoms with E-state index < -0.39 is 24.0 Å². The molecule has 1 unspecified atom stereocenters. The maximum Gasteiger partial charge on any atom is 0.326 e. The number of benzene rings is 2. The molecule has 2 aromatic carbocycles. The Morgan fingerprint density at radius 1 is 0.820 bits per heavy atom. The van der Waals surface area contributed by atoms with Crippen LogP contribution in [0.2, 0.25) is 0 Å². The van der Waals surface area contributed by atoms with Gasteiger partial charge < -0.3 is 20.5 Å². The van der Waals surface area contributed by atoms with Crippen molar-refractivity contribution >= 4 is 29.1 Å². The molecule has 4 aromatic rings. The second-order valence-electron chi connectivity index (χ2n) is 14.0. The molecule has 0 fully saturated rings. The first-order valence-corrected chi connectivity index (χ1v) is 18.3. The van der Waals surface area contributed by atoms with Crippen LogP contribution >= 0.6 is 11.3 Å². The third-order valence-electron chi connectivity index (χ3n) is 8.43. The van der Waals surface area contributed by atoms with Gasteiger partial charge in [-0.15, -0.1) is 11.3 Å². The molecule has 0 saturated heterocycles. The van der Waals surface area contributed by atoms with Gasteiger partial charge in [-0.25, -0.2) is 14.8 Å². The lowest BCUT2D eigenvalue weighted by molar-refractivity contribution is -0.143. The molecule has 2 amide bonds. The molecule has 266 valence electrons. The number of aliphatic carboxylic acids is 1. The highest BCUT2D eigenvalue weighted by atomic mass is 32.1. The number of carbonyl (C=O) groups excluding carboxylic acids is 2. The molecule has 4 rings (SSSR count). The van der Waals surface area contributed by atoms with Gasteiger partial charge in [0.2, 0.25) is 5.91 Å². The van der Waals surface area contributed by atoms with E-state index in [-0.39, 0.29) is 23.7 Å². The number of amides is 2. The number of unbranched alkanes of at least 4 members (excludes halogenated alkanes) is 4. The van der Waals surface area contributed by atoms with E-state index in [0.29, 0.717) is 10.7 Å². The Hall–Kier alpha value is -4.57. The first-order chi connectivity index (χ1) is 23.8. The molecule has 50 heavy (non-hydrogen) atoms. The van der Waals surface area contributed by atoms with Crippen LogP contribution in [-0.2, 0) is 21.4 Å². The van der Waals surface area contributed by atoms with Gasteiger partial charge in [0.15, 0.2) is 5.82 Å². The number of ether oxygens (including phenoxy) is 1. The number of nitrogens with one attached hydrogen (secondary N) is 2. The Bertz CT molecular complexity index is 1690. The molecule has 2 heterocycles. The summed E-state index contributed by atoms with van der Waals surface area (Å²) in [5, 5.41) is 15.1. The molecule has 2 aromatic heterocycles. The summed E-state index contributed by atoms with van der Waals surface area (Å²) in [6.45, 7) is 12.6. The molecule has 0 radical (unpaired) electrons. The quantitative estimate of drug-likeness (QED) is 0.0951. The highest BCUT2D eigenvalue weighted by Crippen LogP contribution is 2.29. The van der Waals surface area contributed by atoms with Gasteiger partial charge in [-0.1, -0.05) is 104 Å². The maximum atomic E-state index is 13.4. The molecule has 0 saturated carbocycles. The summed E-state index contributed by atoms with van der Waals surface area (Å²) in [6, 6.07) is 17.0. The van der Waals surface area contributed by atoms with Gasteiger partial charge in [-0.05, 0) is 53.1 Å². The Morgan fingerprint density at radius 3 is 2.04 bits per heavy atom. The molecule has 0 aliphatic heterocycles. The number of hydrogen-bond donors (Lipinski definition) is 3. The molecule has 0 bridgehead atoms. The molecular weight excluding hydrogens is 649 g/mol. The predicted octanol–water partition coefficient (Wildman–Crippen LogP) is 8.09. The molecule has 10 heteroatoms. The second kappa shape index (κ2) is 17.9. The minimum absolute atomic E-state index is 0.120. The molecule has 0 spiro atoms. The molecule has 9 nitrogen and oxygen atoms in total. The van der Waals surface area contributed by atoms with Crippen molar-refractivity contribution in [3.8, 4) is 28.3 Å². The Balaban J connectivity index is 1.42. The molecule has 0 aliphatic rings. The zero-order valence-corrected chi connectivity index (χ0v) is 30.8. The van der Waals surface area contributed by atoms with Gasteiger partial charge in [-0.3, -0.25) is 9.59 Å².